The van der Waals surface area contributed by atoms with Crippen molar-refractivity contribution in [2.75, 3.05) is 32.7 Å². The Hall–Kier alpha value is -2.02. The lowest BCUT2D eigenvalue weighted by atomic mass is 9.87. The minimum absolute atomic E-state index is 0.205. The van der Waals surface area contributed by atoms with Crippen LogP contribution in [0.2, 0.25) is 0 Å². The van der Waals surface area contributed by atoms with Gasteiger partial charge in [0.25, 0.3) is 5.91 Å². The number of rotatable bonds is 5. The zero-order chi connectivity index (χ0) is 21.3. The molecule has 1 N–H and O–H groups in total. The van der Waals surface area contributed by atoms with E-state index >= 15 is 0 Å². The summed E-state index contributed by atoms with van der Waals surface area (Å²) in [7, 11) is 0. The summed E-state index contributed by atoms with van der Waals surface area (Å²) in [6.45, 7) is 5.52. The van der Waals surface area contributed by atoms with Crippen LogP contribution in [-0.2, 0) is 11.3 Å². The fraction of sp³-hybridized carbons (Fsp3) is 0.440. The van der Waals surface area contributed by atoms with E-state index in [1.807, 2.05) is 17.0 Å². The van der Waals surface area contributed by atoms with E-state index in [0.717, 1.165) is 74.4 Å². The van der Waals surface area contributed by atoms with Gasteiger partial charge in [0.15, 0.2) is 0 Å². The Kier molecular flexibility index (Phi) is 5.95. The number of benzene rings is 2. The maximum Gasteiger partial charge on any atom is 0.256 e. The van der Waals surface area contributed by atoms with Crippen LogP contribution in [0.5, 0.6) is 0 Å². The van der Waals surface area contributed by atoms with E-state index in [2.05, 4.69) is 68.6 Å². The molecule has 0 aromatic heterocycles. The molecular weight excluding hydrogens is 452 g/mol. The van der Waals surface area contributed by atoms with E-state index in [9.17, 15) is 4.79 Å². The van der Waals surface area contributed by atoms with E-state index in [1.54, 1.807) is 0 Å². The van der Waals surface area contributed by atoms with Crippen molar-refractivity contribution in [1.29, 1.82) is 0 Å². The van der Waals surface area contributed by atoms with E-state index in [-0.39, 0.29) is 5.91 Å². The first kappa shape index (κ1) is 20.9. The maximum absolute atomic E-state index is 13.7. The maximum atomic E-state index is 13.7. The molecule has 3 aliphatic heterocycles. The second-order valence-corrected chi connectivity index (χ2v) is 9.93. The molecule has 1 atom stereocenters. The minimum Gasteiger partial charge on any atom is -0.316 e. The predicted molar refractivity (Wildman–Crippen MR) is 127 cm³/mol. The molecule has 2 aromatic rings. The van der Waals surface area contributed by atoms with Gasteiger partial charge in [0.1, 0.15) is 11.4 Å². The molecule has 1 unspecified atom stereocenters. The number of nitrogens with one attached hydrogen (secondary N) is 1. The van der Waals surface area contributed by atoms with Gasteiger partial charge in [-0.1, -0.05) is 58.4 Å². The van der Waals surface area contributed by atoms with Crippen molar-refractivity contribution < 1.29 is 4.79 Å². The van der Waals surface area contributed by atoms with Gasteiger partial charge in [0, 0.05) is 36.2 Å². The summed E-state index contributed by atoms with van der Waals surface area (Å²) in [5.41, 5.74) is 1.76. The zero-order valence-corrected chi connectivity index (χ0v) is 19.4. The fourth-order valence-electron chi connectivity index (χ4n) is 5.02. The Bertz CT molecular complexity index is 945. The number of carbonyl (C=O) groups is 1. The van der Waals surface area contributed by atoms with Crippen molar-refractivity contribution in [1.82, 2.24) is 15.1 Å². The lowest BCUT2D eigenvalue weighted by Gasteiger charge is -2.36. The molecule has 6 heteroatoms. The highest BCUT2D eigenvalue weighted by Gasteiger charge is 2.50. The van der Waals surface area contributed by atoms with Crippen LogP contribution in [0.4, 0.5) is 0 Å². The normalized spacial score (nSPS) is 23.5. The number of likely N-dealkylation sites (tertiary alicyclic amines) is 1. The highest BCUT2D eigenvalue weighted by Crippen LogP contribution is 2.36. The molecule has 1 amide bonds. The van der Waals surface area contributed by atoms with Crippen molar-refractivity contribution >= 4 is 27.7 Å². The predicted octanol–water partition coefficient (Wildman–Crippen LogP) is 3.68. The summed E-state index contributed by atoms with van der Waals surface area (Å²) in [6.07, 6.45) is 2.70. The number of hydrogen-bond acceptors (Lipinski definition) is 4. The van der Waals surface area contributed by atoms with Crippen LogP contribution >= 0.6 is 15.9 Å². The quantitative estimate of drug-likeness (QED) is 0.709. The van der Waals surface area contributed by atoms with Gasteiger partial charge >= 0.3 is 0 Å². The zero-order valence-electron chi connectivity index (χ0n) is 17.8. The minimum atomic E-state index is -0.596. The molecule has 2 fully saturated rings. The average Bonchev–Trinajstić information content (AvgIpc) is 3.40. The van der Waals surface area contributed by atoms with Crippen LogP contribution in [0.15, 0.2) is 64.1 Å². The lowest BCUT2D eigenvalue weighted by Crippen LogP contribution is -2.50. The largest absolute Gasteiger partial charge is 0.316 e. The van der Waals surface area contributed by atoms with Crippen LogP contribution in [0, 0.1) is 5.92 Å². The van der Waals surface area contributed by atoms with Crippen molar-refractivity contribution in [3.8, 4) is 0 Å². The lowest BCUT2D eigenvalue weighted by molar-refractivity contribution is -0.133. The summed E-state index contributed by atoms with van der Waals surface area (Å²) in [5.74, 6) is 1.57. The Labute approximate surface area is 192 Å². The van der Waals surface area contributed by atoms with Gasteiger partial charge in [-0.05, 0) is 56.0 Å². The first-order valence-electron chi connectivity index (χ1n) is 11.3. The topological polar surface area (TPSA) is 47.9 Å². The second kappa shape index (κ2) is 8.85. The first-order valence-corrected chi connectivity index (χ1v) is 12.1. The second-order valence-electron chi connectivity index (χ2n) is 9.01. The van der Waals surface area contributed by atoms with E-state index in [1.165, 1.54) is 5.56 Å². The smallest absolute Gasteiger partial charge is 0.256 e. The number of carbonyl (C=O) groups excluding carboxylic acids is 1. The van der Waals surface area contributed by atoms with Gasteiger partial charge in [-0.15, -0.1) is 0 Å². The van der Waals surface area contributed by atoms with Crippen LogP contribution < -0.4 is 5.32 Å². The van der Waals surface area contributed by atoms with Gasteiger partial charge in [-0.25, -0.2) is 0 Å². The Balaban J connectivity index is 1.36. The molecule has 0 bridgehead atoms. The van der Waals surface area contributed by atoms with Crippen LogP contribution in [-0.4, -0.2) is 59.8 Å². The number of nitrogens with zero attached hydrogens (tertiary/aromatic N) is 3. The van der Waals surface area contributed by atoms with Gasteiger partial charge in [0.2, 0.25) is 0 Å². The average molecular weight is 481 g/mol. The summed E-state index contributed by atoms with van der Waals surface area (Å²) in [4.78, 5) is 23.3. The Morgan fingerprint density at radius 1 is 1.06 bits per heavy atom. The molecule has 2 aromatic carbocycles. The molecule has 0 saturated carbocycles. The first-order chi connectivity index (χ1) is 15.1. The third-order valence-corrected chi connectivity index (χ3v) is 7.39. The van der Waals surface area contributed by atoms with Gasteiger partial charge < -0.3 is 5.32 Å². The molecule has 162 valence electrons. The third kappa shape index (κ3) is 4.34. The van der Waals surface area contributed by atoms with E-state index in [4.69, 9.17) is 4.99 Å². The summed E-state index contributed by atoms with van der Waals surface area (Å²) < 4.78 is 1.04. The monoisotopic (exact) mass is 480 g/mol. The third-order valence-electron chi connectivity index (χ3n) is 6.86. The number of amides is 1. The molecular formula is C25H29BrN4O. The highest BCUT2D eigenvalue weighted by molar-refractivity contribution is 9.10. The molecule has 2 saturated heterocycles. The van der Waals surface area contributed by atoms with Gasteiger partial charge in [-0.3, -0.25) is 19.6 Å². The molecule has 3 aliphatic rings. The van der Waals surface area contributed by atoms with Gasteiger partial charge in [0.05, 0.1) is 0 Å². The van der Waals surface area contributed by atoms with Crippen LogP contribution in [0.1, 0.15) is 30.4 Å². The summed E-state index contributed by atoms with van der Waals surface area (Å²) >= 11 is 3.52. The molecule has 0 aliphatic carbocycles. The van der Waals surface area contributed by atoms with E-state index in [0.29, 0.717) is 5.92 Å². The highest BCUT2D eigenvalue weighted by atomic mass is 79.9. The van der Waals surface area contributed by atoms with Crippen LogP contribution in [0.25, 0.3) is 0 Å². The number of halogens is 1. The van der Waals surface area contributed by atoms with Gasteiger partial charge in [-0.2, -0.15) is 0 Å². The number of aliphatic imine (C=N–C) groups is 1. The number of hydrogen-bond donors (Lipinski definition) is 1. The molecule has 3 heterocycles. The fourth-order valence-corrected chi connectivity index (χ4v) is 5.29. The summed E-state index contributed by atoms with van der Waals surface area (Å²) in [6, 6.07) is 18.8. The summed E-state index contributed by atoms with van der Waals surface area (Å²) in [5, 5.41) is 3.43. The molecule has 1 spiro atoms. The van der Waals surface area contributed by atoms with Crippen molar-refractivity contribution in [2.24, 2.45) is 10.9 Å². The molecule has 0 radical (unpaired) electrons. The molecule has 5 nitrogen and oxygen atoms in total. The van der Waals surface area contributed by atoms with E-state index < -0.39 is 5.54 Å². The molecule has 31 heavy (non-hydrogen) atoms. The standard InChI is InChI=1S/C25H29BrN4O/c26-22-8-6-21(7-9-22)23-28-25(24(31)30(23)18-20-10-13-27-16-20)11-14-29(15-12-25)17-19-4-2-1-3-5-19/h1-9,20,27H,10-18H2. The van der Waals surface area contributed by atoms with Crippen LogP contribution in [0.3, 0.4) is 0 Å². The van der Waals surface area contributed by atoms with Crippen molar-refractivity contribution in [2.45, 2.75) is 31.3 Å². The Morgan fingerprint density at radius 3 is 2.48 bits per heavy atom. The van der Waals surface area contributed by atoms with Crippen molar-refractivity contribution in [3.05, 3.63) is 70.2 Å². The number of amidine groups is 1. The van der Waals surface area contributed by atoms with Crippen molar-refractivity contribution in [3.63, 3.8) is 0 Å². The number of piperidine rings is 1. The molecule has 5 rings (SSSR count). The SMILES string of the molecule is O=C1N(CC2CCNC2)C(c2ccc(Br)cc2)=NC12CCN(Cc1ccccc1)CC2. The Morgan fingerprint density at radius 2 is 1.81 bits per heavy atom.